The predicted molar refractivity (Wildman–Crippen MR) is 110 cm³/mol. The number of nitrogens with one attached hydrogen (secondary N) is 3. The van der Waals surface area contributed by atoms with Gasteiger partial charge in [0.05, 0.1) is 17.2 Å². The van der Waals surface area contributed by atoms with Gasteiger partial charge in [0.25, 0.3) is 11.8 Å². The first-order valence-corrected chi connectivity index (χ1v) is 9.49. The zero-order valence-corrected chi connectivity index (χ0v) is 16.2. The van der Waals surface area contributed by atoms with Crippen LogP contribution in [0.15, 0.2) is 24.3 Å². The Morgan fingerprint density at radius 2 is 2.00 bits per heavy atom. The number of anilines is 1. The van der Waals surface area contributed by atoms with Crippen molar-refractivity contribution >= 4 is 29.2 Å². The molecule has 0 saturated carbocycles. The van der Waals surface area contributed by atoms with Crippen LogP contribution >= 0.6 is 0 Å². The molecule has 1 aromatic carbocycles. The number of nitriles is 1. The van der Waals surface area contributed by atoms with E-state index < -0.39 is 0 Å². The summed E-state index contributed by atoms with van der Waals surface area (Å²) in [5, 5.41) is 14.3. The Bertz CT molecular complexity index is 979. The number of para-hydroxylation sites is 1. The first-order chi connectivity index (χ1) is 13.5. The summed E-state index contributed by atoms with van der Waals surface area (Å²) in [4.78, 5) is 28.2. The van der Waals surface area contributed by atoms with Gasteiger partial charge in [-0.05, 0) is 44.4 Å². The van der Waals surface area contributed by atoms with Crippen LogP contribution in [0.5, 0.6) is 0 Å². The molecule has 2 amide bonds. The van der Waals surface area contributed by atoms with Crippen molar-refractivity contribution in [1.29, 1.82) is 5.26 Å². The standard InChI is InChI=1S/C22H24N4O2/c1-14-19(13-17-16-9-5-6-10-18(16)26-21(17)27)25-15(2)20(14)22(28)24-12-8-4-3-7-11-23/h5-6,9-10,13,25H,3-4,7-8,12H2,1-2H3,(H,24,28)(H,26,27)/b17-13-. The van der Waals surface area contributed by atoms with E-state index in [2.05, 4.69) is 21.7 Å². The molecule has 0 aliphatic carbocycles. The molecular weight excluding hydrogens is 352 g/mol. The highest BCUT2D eigenvalue weighted by Gasteiger charge is 2.25. The minimum absolute atomic E-state index is 0.118. The highest BCUT2D eigenvalue weighted by atomic mass is 16.2. The van der Waals surface area contributed by atoms with Gasteiger partial charge in [0, 0.05) is 35.6 Å². The summed E-state index contributed by atoms with van der Waals surface area (Å²) in [6.07, 6.45) is 4.99. The van der Waals surface area contributed by atoms with Crippen molar-refractivity contribution in [2.45, 2.75) is 39.5 Å². The molecule has 0 radical (unpaired) electrons. The molecule has 6 heteroatoms. The van der Waals surface area contributed by atoms with Crippen LogP contribution in [0.2, 0.25) is 0 Å². The number of carbonyl (C=O) groups is 2. The highest BCUT2D eigenvalue weighted by Crippen LogP contribution is 2.33. The van der Waals surface area contributed by atoms with Crippen LogP contribution in [-0.2, 0) is 4.79 Å². The van der Waals surface area contributed by atoms with Crippen LogP contribution < -0.4 is 10.6 Å². The van der Waals surface area contributed by atoms with Crippen LogP contribution in [0.4, 0.5) is 5.69 Å². The van der Waals surface area contributed by atoms with E-state index in [-0.39, 0.29) is 11.8 Å². The SMILES string of the molecule is Cc1[nH]c(/C=C2\C(=O)Nc3ccccc32)c(C)c1C(=O)NCCCCCC#N. The molecule has 1 aliphatic heterocycles. The van der Waals surface area contributed by atoms with Crippen LogP contribution in [-0.4, -0.2) is 23.3 Å². The van der Waals surface area contributed by atoms with Gasteiger partial charge in [-0.2, -0.15) is 5.26 Å². The van der Waals surface area contributed by atoms with E-state index in [0.717, 1.165) is 47.5 Å². The number of benzene rings is 1. The predicted octanol–water partition coefficient (Wildman–Crippen LogP) is 3.94. The normalized spacial score (nSPS) is 13.9. The Morgan fingerprint density at radius 1 is 1.21 bits per heavy atom. The van der Waals surface area contributed by atoms with E-state index in [9.17, 15) is 9.59 Å². The third-order valence-corrected chi connectivity index (χ3v) is 4.95. The van der Waals surface area contributed by atoms with Crippen molar-refractivity contribution in [3.8, 4) is 6.07 Å². The summed E-state index contributed by atoms with van der Waals surface area (Å²) in [6.45, 7) is 4.33. The van der Waals surface area contributed by atoms with E-state index in [1.807, 2.05) is 44.2 Å². The van der Waals surface area contributed by atoms with E-state index in [4.69, 9.17) is 5.26 Å². The quantitative estimate of drug-likeness (QED) is 0.504. The van der Waals surface area contributed by atoms with Gasteiger partial charge in [-0.25, -0.2) is 0 Å². The van der Waals surface area contributed by atoms with E-state index in [0.29, 0.717) is 24.1 Å². The summed E-state index contributed by atoms with van der Waals surface area (Å²) >= 11 is 0. The minimum Gasteiger partial charge on any atom is -0.358 e. The number of H-pyrrole nitrogens is 1. The van der Waals surface area contributed by atoms with Crippen molar-refractivity contribution in [1.82, 2.24) is 10.3 Å². The van der Waals surface area contributed by atoms with E-state index >= 15 is 0 Å². The van der Waals surface area contributed by atoms with Gasteiger partial charge in [0.2, 0.25) is 0 Å². The molecule has 2 aromatic rings. The second-order valence-corrected chi connectivity index (χ2v) is 6.95. The van der Waals surface area contributed by atoms with Crippen LogP contribution in [0, 0.1) is 25.2 Å². The number of aromatic nitrogens is 1. The number of amides is 2. The fourth-order valence-corrected chi connectivity index (χ4v) is 3.48. The molecule has 3 rings (SSSR count). The molecule has 6 nitrogen and oxygen atoms in total. The number of hydrogen-bond acceptors (Lipinski definition) is 3. The third kappa shape index (κ3) is 3.99. The number of unbranched alkanes of at least 4 members (excludes halogenated alkanes) is 3. The maximum atomic E-state index is 12.6. The second kappa shape index (κ2) is 8.57. The smallest absolute Gasteiger partial charge is 0.256 e. The van der Waals surface area contributed by atoms with Gasteiger partial charge in [-0.15, -0.1) is 0 Å². The zero-order chi connectivity index (χ0) is 20.1. The molecule has 3 N–H and O–H groups in total. The van der Waals surface area contributed by atoms with Crippen molar-refractivity contribution < 1.29 is 9.59 Å². The maximum absolute atomic E-state index is 12.6. The Hall–Kier alpha value is -3.33. The lowest BCUT2D eigenvalue weighted by Crippen LogP contribution is -2.25. The third-order valence-electron chi connectivity index (χ3n) is 4.95. The lowest BCUT2D eigenvalue weighted by atomic mass is 10.0. The average Bonchev–Trinajstić information content (AvgIpc) is 3.14. The Morgan fingerprint density at radius 3 is 2.79 bits per heavy atom. The molecule has 0 atom stereocenters. The Kier molecular flexibility index (Phi) is 5.95. The van der Waals surface area contributed by atoms with Gasteiger partial charge >= 0.3 is 0 Å². The molecule has 28 heavy (non-hydrogen) atoms. The highest BCUT2D eigenvalue weighted by molar-refractivity contribution is 6.34. The molecule has 0 spiro atoms. The molecule has 1 aliphatic rings. The topological polar surface area (TPSA) is 97.8 Å². The first-order valence-electron chi connectivity index (χ1n) is 9.49. The number of rotatable bonds is 7. The molecule has 0 bridgehead atoms. The summed E-state index contributed by atoms with van der Waals surface area (Å²) < 4.78 is 0. The molecule has 144 valence electrons. The molecule has 0 fully saturated rings. The van der Waals surface area contributed by atoms with Crippen LogP contribution in [0.1, 0.15) is 58.6 Å². The summed E-state index contributed by atoms with van der Waals surface area (Å²) in [5.41, 5.74) is 5.23. The number of hydrogen-bond donors (Lipinski definition) is 3. The largest absolute Gasteiger partial charge is 0.358 e. The molecule has 1 aromatic heterocycles. The second-order valence-electron chi connectivity index (χ2n) is 6.95. The van der Waals surface area contributed by atoms with Gasteiger partial charge in [-0.1, -0.05) is 24.6 Å². The van der Waals surface area contributed by atoms with E-state index in [1.165, 1.54) is 0 Å². The molecule has 0 saturated heterocycles. The van der Waals surface area contributed by atoms with Crippen molar-refractivity contribution in [2.24, 2.45) is 0 Å². The zero-order valence-electron chi connectivity index (χ0n) is 16.2. The lowest BCUT2D eigenvalue weighted by molar-refractivity contribution is -0.110. The maximum Gasteiger partial charge on any atom is 0.256 e. The van der Waals surface area contributed by atoms with Gasteiger partial charge < -0.3 is 15.6 Å². The number of nitrogens with zero attached hydrogens (tertiary/aromatic N) is 1. The molecular formula is C22H24N4O2. The Labute approximate surface area is 164 Å². The van der Waals surface area contributed by atoms with Crippen LogP contribution in [0.25, 0.3) is 11.6 Å². The van der Waals surface area contributed by atoms with Crippen molar-refractivity contribution in [3.05, 3.63) is 52.3 Å². The molecule has 0 unspecified atom stereocenters. The summed E-state index contributed by atoms with van der Waals surface area (Å²) in [5.74, 6) is -0.260. The Balaban J connectivity index is 1.75. The van der Waals surface area contributed by atoms with Gasteiger partial charge in [0.1, 0.15) is 0 Å². The fourth-order valence-electron chi connectivity index (χ4n) is 3.48. The molecule has 2 heterocycles. The van der Waals surface area contributed by atoms with Crippen LogP contribution in [0.3, 0.4) is 0 Å². The number of aryl methyl sites for hydroxylation is 1. The van der Waals surface area contributed by atoms with Gasteiger partial charge in [-0.3, -0.25) is 9.59 Å². The number of fused-ring (bicyclic) bond motifs is 1. The fraction of sp³-hybridized carbons (Fsp3) is 0.318. The lowest BCUT2D eigenvalue weighted by Gasteiger charge is -2.05. The van der Waals surface area contributed by atoms with Crippen molar-refractivity contribution in [3.63, 3.8) is 0 Å². The minimum atomic E-state index is -0.142. The average molecular weight is 376 g/mol. The summed E-state index contributed by atoms with van der Waals surface area (Å²) in [6, 6.07) is 9.68. The number of aromatic amines is 1. The monoisotopic (exact) mass is 376 g/mol. The number of carbonyl (C=O) groups excluding carboxylic acids is 2. The first kappa shape index (κ1) is 19.4. The van der Waals surface area contributed by atoms with Gasteiger partial charge in [0.15, 0.2) is 0 Å². The van der Waals surface area contributed by atoms with Crippen molar-refractivity contribution in [2.75, 3.05) is 11.9 Å². The van der Waals surface area contributed by atoms with E-state index in [1.54, 1.807) is 0 Å². The summed E-state index contributed by atoms with van der Waals surface area (Å²) in [7, 11) is 0.